The summed E-state index contributed by atoms with van der Waals surface area (Å²) in [5.41, 5.74) is 0. The number of carbonyl (C=O) groups is 1. The van der Waals surface area contributed by atoms with Crippen molar-refractivity contribution in [3.05, 3.63) is 0 Å². The van der Waals surface area contributed by atoms with Crippen LogP contribution in [0.15, 0.2) is 0 Å². The lowest BCUT2D eigenvalue weighted by molar-refractivity contribution is -0.145. The zero-order valence-electron chi connectivity index (χ0n) is 10.2. The number of ether oxygens (including phenoxy) is 1. The molecule has 0 amide bonds. The van der Waals surface area contributed by atoms with E-state index in [4.69, 9.17) is 4.74 Å². The summed E-state index contributed by atoms with van der Waals surface area (Å²) >= 11 is 0. The highest BCUT2D eigenvalue weighted by molar-refractivity contribution is 5.76. The molecule has 0 radical (unpaired) electrons. The molecule has 16 heavy (non-hydrogen) atoms. The molecule has 0 unspecified atom stereocenters. The Balaban J connectivity index is 1.80. The molecule has 1 saturated carbocycles. The number of rotatable bonds is 3. The SMILES string of the molecule is CCOC(=O)[C@@H]1C[C@@H](C2CCCCC2)CN1. The van der Waals surface area contributed by atoms with E-state index in [-0.39, 0.29) is 12.0 Å². The first kappa shape index (κ1) is 11.9. The third-order valence-electron chi connectivity index (χ3n) is 4.05. The van der Waals surface area contributed by atoms with Gasteiger partial charge in [0.05, 0.1) is 6.61 Å². The maximum Gasteiger partial charge on any atom is 0.323 e. The molecule has 0 aromatic carbocycles. The topological polar surface area (TPSA) is 38.3 Å². The Morgan fingerprint density at radius 3 is 2.69 bits per heavy atom. The van der Waals surface area contributed by atoms with E-state index in [9.17, 15) is 4.79 Å². The monoisotopic (exact) mass is 225 g/mol. The minimum absolute atomic E-state index is 0.0353. The second kappa shape index (κ2) is 5.67. The van der Waals surface area contributed by atoms with Crippen molar-refractivity contribution in [1.82, 2.24) is 5.32 Å². The summed E-state index contributed by atoms with van der Waals surface area (Å²) in [6.45, 7) is 3.37. The second-order valence-corrected chi connectivity index (χ2v) is 5.11. The van der Waals surface area contributed by atoms with Crippen LogP contribution in [0.5, 0.6) is 0 Å². The molecule has 92 valence electrons. The molecule has 2 fully saturated rings. The third-order valence-corrected chi connectivity index (χ3v) is 4.05. The van der Waals surface area contributed by atoms with E-state index in [0.717, 1.165) is 18.9 Å². The lowest BCUT2D eigenvalue weighted by atomic mass is 9.79. The molecule has 1 heterocycles. The molecule has 2 rings (SSSR count). The van der Waals surface area contributed by atoms with Gasteiger partial charge in [0.25, 0.3) is 0 Å². The Bertz CT molecular complexity index is 236. The Kier molecular flexibility index (Phi) is 4.22. The predicted molar refractivity (Wildman–Crippen MR) is 63.1 cm³/mol. The highest BCUT2D eigenvalue weighted by Crippen LogP contribution is 2.34. The summed E-state index contributed by atoms with van der Waals surface area (Å²) in [5.74, 6) is 1.50. The van der Waals surface area contributed by atoms with Crippen LogP contribution < -0.4 is 5.32 Å². The minimum atomic E-state index is -0.0548. The molecule has 2 atom stereocenters. The van der Waals surface area contributed by atoms with Crippen molar-refractivity contribution in [1.29, 1.82) is 0 Å². The Hall–Kier alpha value is -0.570. The molecule has 1 N–H and O–H groups in total. The zero-order valence-corrected chi connectivity index (χ0v) is 10.2. The Morgan fingerprint density at radius 1 is 1.25 bits per heavy atom. The quantitative estimate of drug-likeness (QED) is 0.748. The van der Waals surface area contributed by atoms with Crippen molar-refractivity contribution in [2.24, 2.45) is 11.8 Å². The molecule has 1 saturated heterocycles. The second-order valence-electron chi connectivity index (χ2n) is 5.11. The molecular weight excluding hydrogens is 202 g/mol. The first-order chi connectivity index (χ1) is 7.81. The number of carbonyl (C=O) groups excluding carboxylic acids is 1. The van der Waals surface area contributed by atoms with Crippen LogP contribution in [0.2, 0.25) is 0 Å². The van der Waals surface area contributed by atoms with E-state index in [1.54, 1.807) is 0 Å². The summed E-state index contributed by atoms with van der Waals surface area (Å²) in [6.07, 6.45) is 7.88. The van der Waals surface area contributed by atoms with E-state index < -0.39 is 0 Å². The van der Waals surface area contributed by atoms with E-state index in [1.165, 1.54) is 32.1 Å². The fourth-order valence-electron chi connectivity index (χ4n) is 3.15. The van der Waals surface area contributed by atoms with Crippen molar-refractivity contribution in [2.45, 2.75) is 51.5 Å². The van der Waals surface area contributed by atoms with Crippen LogP contribution in [-0.4, -0.2) is 25.2 Å². The van der Waals surface area contributed by atoms with Gasteiger partial charge in [0.2, 0.25) is 0 Å². The minimum Gasteiger partial charge on any atom is -0.465 e. The molecular formula is C13H23NO2. The lowest BCUT2D eigenvalue weighted by Crippen LogP contribution is -2.32. The highest BCUT2D eigenvalue weighted by Gasteiger charge is 2.34. The van der Waals surface area contributed by atoms with Gasteiger partial charge in [-0.2, -0.15) is 0 Å². The molecule has 0 spiro atoms. The van der Waals surface area contributed by atoms with E-state index in [1.807, 2.05) is 6.92 Å². The molecule has 3 heteroatoms. The van der Waals surface area contributed by atoms with Crippen molar-refractivity contribution < 1.29 is 9.53 Å². The molecule has 0 bridgehead atoms. The van der Waals surface area contributed by atoms with Gasteiger partial charge in [-0.3, -0.25) is 4.79 Å². The van der Waals surface area contributed by atoms with E-state index >= 15 is 0 Å². The van der Waals surface area contributed by atoms with Crippen molar-refractivity contribution in [2.75, 3.05) is 13.2 Å². The molecule has 2 aliphatic rings. The maximum absolute atomic E-state index is 11.6. The summed E-state index contributed by atoms with van der Waals surface area (Å²) in [5, 5.41) is 3.31. The van der Waals surface area contributed by atoms with Crippen molar-refractivity contribution in [3.8, 4) is 0 Å². The van der Waals surface area contributed by atoms with E-state index in [2.05, 4.69) is 5.32 Å². The highest BCUT2D eigenvalue weighted by atomic mass is 16.5. The van der Waals surface area contributed by atoms with Crippen LogP contribution in [-0.2, 0) is 9.53 Å². The average molecular weight is 225 g/mol. The smallest absolute Gasteiger partial charge is 0.323 e. The Morgan fingerprint density at radius 2 is 2.00 bits per heavy atom. The van der Waals surface area contributed by atoms with Crippen molar-refractivity contribution >= 4 is 5.97 Å². The fourth-order valence-corrected chi connectivity index (χ4v) is 3.15. The van der Waals surface area contributed by atoms with Gasteiger partial charge in [0.15, 0.2) is 0 Å². The summed E-state index contributed by atoms with van der Waals surface area (Å²) in [7, 11) is 0. The average Bonchev–Trinajstić information content (AvgIpc) is 2.80. The maximum atomic E-state index is 11.6. The number of esters is 1. The van der Waals surface area contributed by atoms with Crippen LogP contribution in [0, 0.1) is 11.8 Å². The largest absolute Gasteiger partial charge is 0.465 e. The van der Waals surface area contributed by atoms with Crippen LogP contribution in [0.1, 0.15) is 45.4 Å². The van der Waals surface area contributed by atoms with Gasteiger partial charge in [-0.1, -0.05) is 32.1 Å². The van der Waals surface area contributed by atoms with Crippen LogP contribution in [0.3, 0.4) is 0 Å². The first-order valence-corrected chi connectivity index (χ1v) is 6.71. The number of hydrogen-bond donors (Lipinski definition) is 1. The number of nitrogens with one attached hydrogen (secondary N) is 1. The lowest BCUT2D eigenvalue weighted by Gasteiger charge is -2.26. The fraction of sp³-hybridized carbons (Fsp3) is 0.923. The van der Waals surface area contributed by atoms with Crippen LogP contribution in [0.25, 0.3) is 0 Å². The molecule has 3 nitrogen and oxygen atoms in total. The first-order valence-electron chi connectivity index (χ1n) is 6.71. The van der Waals surface area contributed by atoms with Gasteiger partial charge in [-0.05, 0) is 31.7 Å². The zero-order chi connectivity index (χ0) is 11.4. The van der Waals surface area contributed by atoms with Crippen LogP contribution >= 0.6 is 0 Å². The van der Waals surface area contributed by atoms with Crippen LogP contribution in [0.4, 0.5) is 0 Å². The van der Waals surface area contributed by atoms with E-state index in [0.29, 0.717) is 12.5 Å². The molecule has 0 aromatic rings. The Labute approximate surface area is 97.9 Å². The van der Waals surface area contributed by atoms with Gasteiger partial charge in [0, 0.05) is 0 Å². The van der Waals surface area contributed by atoms with Crippen molar-refractivity contribution in [3.63, 3.8) is 0 Å². The predicted octanol–water partition coefficient (Wildman–Crippen LogP) is 2.11. The molecule has 1 aliphatic heterocycles. The van der Waals surface area contributed by atoms with Gasteiger partial charge in [-0.25, -0.2) is 0 Å². The van der Waals surface area contributed by atoms with Gasteiger partial charge >= 0.3 is 5.97 Å². The third kappa shape index (κ3) is 2.76. The summed E-state index contributed by atoms with van der Waals surface area (Å²) in [6, 6.07) is -0.0353. The number of hydrogen-bond acceptors (Lipinski definition) is 3. The normalized spacial score (nSPS) is 31.6. The molecule has 1 aliphatic carbocycles. The molecule has 0 aromatic heterocycles. The summed E-state index contributed by atoms with van der Waals surface area (Å²) in [4.78, 5) is 11.6. The summed E-state index contributed by atoms with van der Waals surface area (Å²) < 4.78 is 5.06. The van der Waals surface area contributed by atoms with Gasteiger partial charge in [-0.15, -0.1) is 0 Å². The van der Waals surface area contributed by atoms with Gasteiger partial charge in [0.1, 0.15) is 6.04 Å². The van der Waals surface area contributed by atoms with Gasteiger partial charge < -0.3 is 10.1 Å². The standard InChI is InChI=1S/C13H23NO2/c1-2-16-13(15)12-8-11(9-14-12)10-6-4-3-5-7-10/h10-12,14H,2-9H2,1H3/t11-,12+/m1/s1.